The lowest BCUT2D eigenvalue weighted by Gasteiger charge is -2.35. The highest BCUT2D eigenvalue weighted by Gasteiger charge is 2.21. The predicted octanol–water partition coefficient (Wildman–Crippen LogP) is 4.15. The van der Waals surface area contributed by atoms with Crippen molar-refractivity contribution in [2.75, 3.05) is 26.2 Å². The Hall–Kier alpha value is -2.36. The van der Waals surface area contributed by atoms with E-state index in [-0.39, 0.29) is 18.3 Å². The Labute approximate surface area is 167 Å². The summed E-state index contributed by atoms with van der Waals surface area (Å²) in [7, 11) is 0. The maximum atomic E-state index is 12.8. The number of amides is 1. The van der Waals surface area contributed by atoms with Gasteiger partial charge in [0.25, 0.3) is 0 Å². The van der Waals surface area contributed by atoms with Gasteiger partial charge in [-0.2, -0.15) is 0 Å². The van der Waals surface area contributed by atoms with Gasteiger partial charge in [-0.15, -0.1) is 12.4 Å². The number of rotatable bonds is 4. The molecule has 3 nitrogen and oxygen atoms in total. The lowest BCUT2D eigenvalue weighted by Crippen LogP contribution is -2.48. The van der Waals surface area contributed by atoms with Crippen molar-refractivity contribution >= 4 is 29.1 Å². The molecule has 3 aromatic rings. The fraction of sp³-hybridized carbons (Fsp3) is 0.261. The minimum absolute atomic E-state index is 0. The second-order valence-corrected chi connectivity index (χ2v) is 6.96. The Kier molecular flexibility index (Phi) is 6.49. The minimum Gasteiger partial charge on any atom is -0.340 e. The number of carbonyl (C=O) groups is 1. The maximum absolute atomic E-state index is 12.8. The molecule has 27 heavy (non-hydrogen) atoms. The molecule has 0 spiro atoms. The number of hydrogen-bond acceptors (Lipinski definition) is 2. The van der Waals surface area contributed by atoms with Crippen molar-refractivity contribution in [2.45, 2.75) is 13.0 Å². The van der Waals surface area contributed by atoms with Crippen LogP contribution in [0.1, 0.15) is 11.1 Å². The van der Waals surface area contributed by atoms with Gasteiger partial charge in [0.05, 0.1) is 6.42 Å². The monoisotopic (exact) mass is 380 g/mol. The zero-order chi connectivity index (χ0) is 17.8. The standard InChI is InChI=1S/C23H24N2O.ClH/c26-23(17-21-11-6-10-20-9-4-5-12-22(20)21)25-15-13-24(14-16-25)18-19-7-2-1-3-8-19;/h1-12H,13-18H2;1H. The largest absolute Gasteiger partial charge is 0.340 e. The number of carbonyl (C=O) groups excluding carboxylic acids is 1. The number of halogens is 1. The van der Waals surface area contributed by atoms with Gasteiger partial charge < -0.3 is 4.90 Å². The lowest BCUT2D eigenvalue weighted by atomic mass is 10.0. The van der Waals surface area contributed by atoms with Crippen LogP contribution in [0.5, 0.6) is 0 Å². The Balaban J connectivity index is 0.00000210. The van der Waals surface area contributed by atoms with Crippen LogP contribution in [0.25, 0.3) is 10.8 Å². The van der Waals surface area contributed by atoms with E-state index in [0.29, 0.717) is 6.42 Å². The van der Waals surface area contributed by atoms with Gasteiger partial charge in [-0.05, 0) is 21.9 Å². The van der Waals surface area contributed by atoms with Crippen molar-refractivity contribution < 1.29 is 4.79 Å². The predicted molar refractivity (Wildman–Crippen MR) is 113 cm³/mol. The fourth-order valence-electron chi connectivity index (χ4n) is 3.72. The summed E-state index contributed by atoms with van der Waals surface area (Å²) < 4.78 is 0. The van der Waals surface area contributed by atoms with Gasteiger partial charge in [0.1, 0.15) is 0 Å². The van der Waals surface area contributed by atoms with E-state index in [4.69, 9.17) is 0 Å². The van der Waals surface area contributed by atoms with Gasteiger partial charge in [-0.25, -0.2) is 0 Å². The molecular weight excluding hydrogens is 356 g/mol. The van der Waals surface area contributed by atoms with Gasteiger partial charge in [0, 0.05) is 32.7 Å². The van der Waals surface area contributed by atoms with Crippen LogP contribution >= 0.6 is 12.4 Å². The van der Waals surface area contributed by atoms with E-state index < -0.39 is 0 Å². The quantitative estimate of drug-likeness (QED) is 0.678. The molecule has 0 bridgehead atoms. The average molecular weight is 381 g/mol. The topological polar surface area (TPSA) is 23.6 Å². The van der Waals surface area contributed by atoms with Crippen LogP contribution < -0.4 is 0 Å². The van der Waals surface area contributed by atoms with Gasteiger partial charge >= 0.3 is 0 Å². The first kappa shape index (κ1) is 19.4. The third-order valence-corrected chi connectivity index (χ3v) is 5.20. The smallest absolute Gasteiger partial charge is 0.227 e. The fourth-order valence-corrected chi connectivity index (χ4v) is 3.72. The first-order valence-electron chi connectivity index (χ1n) is 9.30. The molecule has 1 aliphatic rings. The summed E-state index contributed by atoms with van der Waals surface area (Å²) in [6.07, 6.45) is 0.486. The molecule has 0 saturated carbocycles. The van der Waals surface area contributed by atoms with Gasteiger partial charge in [0.15, 0.2) is 0 Å². The molecule has 140 valence electrons. The molecule has 0 radical (unpaired) electrons. The number of fused-ring (bicyclic) bond motifs is 1. The molecule has 0 aromatic heterocycles. The molecule has 1 fully saturated rings. The van der Waals surface area contributed by atoms with E-state index in [9.17, 15) is 4.79 Å². The van der Waals surface area contributed by atoms with Crippen LogP contribution in [-0.2, 0) is 17.8 Å². The number of hydrogen-bond donors (Lipinski definition) is 0. The normalized spacial score (nSPS) is 14.7. The summed E-state index contributed by atoms with van der Waals surface area (Å²) in [5.41, 5.74) is 2.46. The summed E-state index contributed by atoms with van der Waals surface area (Å²) in [6, 6.07) is 25.1. The number of nitrogens with zero attached hydrogens (tertiary/aromatic N) is 2. The molecule has 1 heterocycles. The van der Waals surface area contributed by atoms with Crippen LogP contribution in [0.3, 0.4) is 0 Å². The first-order chi connectivity index (χ1) is 12.8. The average Bonchev–Trinajstić information content (AvgIpc) is 2.70. The van der Waals surface area contributed by atoms with Crippen LogP contribution in [0.4, 0.5) is 0 Å². The zero-order valence-corrected chi connectivity index (χ0v) is 16.2. The molecule has 1 amide bonds. The van der Waals surface area contributed by atoms with Crippen LogP contribution in [-0.4, -0.2) is 41.9 Å². The van der Waals surface area contributed by atoms with Crippen molar-refractivity contribution in [2.24, 2.45) is 0 Å². The maximum Gasteiger partial charge on any atom is 0.227 e. The van der Waals surface area contributed by atoms with E-state index in [2.05, 4.69) is 53.4 Å². The van der Waals surface area contributed by atoms with Gasteiger partial charge in [-0.3, -0.25) is 9.69 Å². The molecule has 3 aromatic carbocycles. The summed E-state index contributed by atoms with van der Waals surface area (Å²) in [5, 5.41) is 2.39. The second-order valence-electron chi connectivity index (χ2n) is 6.96. The highest BCUT2D eigenvalue weighted by molar-refractivity contribution is 5.90. The lowest BCUT2D eigenvalue weighted by molar-refractivity contribution is -0.132. The minimum atomic E-state index is 0. The zero-order valence-electron chi connectivity index (χ0n) is 15.4. The first-order valence-corrected chi connectivity index (χ1v) is 9.30. The van der Waals surface area contributed by atoms with Crippen LogP contribution in [0.15, 0.2) is 72.8 Å². The molecule has 4 rings (SSSR count). The number of benzene rings is 3. The van der Waals surface area contributed by atoms with E-state index in [0.717, 1.165) is 38.3 Å². The van der Waals surface area contributed by atoms with Crippen LogP contribution in [0.2, 0.25) is 0 Å². The van der Waals surface area contributed by atoms with Crippen molar-refractivity contribution in [3.8, 4) is 0 Å². The van der Waals surface area contributed by atoms with Gasteiger partial charge in [0.2, 0.25) is 5.91 Å². The molecule has 4 heteroatoms. The van der Waals surface area contributed by atoms with Crippen molar-refractivity contribution in [3.63, 3.8) is 0 Å². The Morgan fingerprint density at radius 2 is 1.44 bits per heavy atom. The summed E-state index contributed by atoms with van der Waals surface area (Å²) in [5.74, 6) is 0.237. The highest BCUT2D eigenvalue weighted by Crippen LogP contribution is 2.20. The Bertz CT molecular complexity index is 884. The van der Waals surface area contributed by atoms with Crippen molar-refractivity contribution in [1.29, 1.82) is 0 Å². The summed E-state index contributed by atoms with van der Waals surface area (Å²) in [4.78, 5) is 17.2. The summed E-state index contributed by atoms with van der Waals surface area (Å²) >= 11 is 0. The summed E-state index contributed by atoms with van der Waals surface area (Å²) in [6.45, 7) is 4.48. The molecule has 0 aliphatic carbocycles. The van der Waals surface area contributed by atoms with Crippen molar-refractivity contribution in [3.05, 3.63) is 83.9 Å². The van der Waals surface area contributed by atoms with Gasteiger partial charge in [-0.1, -0.05) is 72.8 Å². The molecule has 0 N–H and O–H groups in total. The molecule has 0 atom stereocenters. The van der Waals surface area contributed by atoms with E-state index in [1.807, 2.05) is 29.2 Å². The van der Waals surface area contributed by atoms with E-state index in [1.165, 1.54) is 16.3 Å². The van der Waals surface area contributed by atoms with E-state index >= 15 is 0 Å². The van der Waals surface area contributed by atoms with E-state index in [1.54, 1.807) is 0 Å². The Morgan fingerprint density at radius 1 is 0.778 bits per heavy atom. The molecular formula is C23H25ClN2O. The van der Waals surface area contributed by atoms with Crippen LogP contribution in [0, 0.1) is 0 Å². The molecule has 1 saturated heterocycles. The highest BCUT2D eigenvalue weighted by atomic mass is 35.5. The Morgan fingerprint density at radius 3 is 2.22 bits per heavy atom. The number of piperazine rings is 1. The third-order valence-electron chi connectivity index (χ3n) is 5.20. The molecule has 0 unspecified atom stereocenters. The molecule has 1 aliphatic heterocycles. The third kappa shape index (κ3) is 4.68. The SMILES string of the molecule is Cl.O=C(Cc1cccc2ccccc12)N1CCN(Cc2ccccc2)CC1. The second kappa shape index (κ2) is 9.03. The van der Waals surface area contributed by atoms with Crippen molar-refractivity contribution in [1.82, 2.24) is 9.80 Å².